The van der Waals surface area contributed by atoms with Crippen LogP contribution in [0.5, 0.6) is 0 Å². The summed E-state index contributed by atoms with van der Waals surface area (Å²) in [5, 5.41) is 3.23. The van der Waals surface area contributed by atoms with Crippen molar-refractivity contribution in [2.75, 3.05) is 31.5 Å². The summed E-state index contributed by atoms with van der Waals surface area (Å²) in [7, 11) is 0. The second-order valence-corrected chi connectivity index (χ2v) is 5.30. The molecule has 1 heterocycles. The fourth-order valence-electron chi connectivity index (χ4n) is 2.45. The maximum Gasteiger partial charge on any atom is 0.135 e. The van der Waals surface area contributed by atoms with Gasteiger partial charge in [-0.2, -0.15) is 0 Å². The van der Waals surface area contributed by atoms with Gasteiger partial charge in [0.15, 0.2) is 0 Å². The monoisotopic (exact) mass is 281 g/mol. The highest BCUT2D eigenvalue weighted by atomic mass is 32.1. The fraction of sp³-hybridized carbons (Fsp3) is 0.500. The van der Waals surface area contributed by atoms with Gasteiger partial charge in [-0.15, -0.1) is 0 Å². The molecule has 0 amide bonds. The van der Waals surface area contributed by atoms with E-state index in [1.54, 1.807) is 6.07 Å². The number of halogens is 1. The zero-order chi connectivity index (χ0) is 13.7. The molecule has 3 nitrogen and oxygen atoms in total. The summed E-state index contributed by atoms with van der Waals surface area (Å²) in [6, 6.07) is 4.86. The van der Waals surface area contributed by atoms with Gasteiger partial charge >= 0.3 is 0 Å². The molecule has 104 valence electrons. The predicted molar refractivity (Wildman–Crippen MR) is 81.1 cm³/mol. The van der Waals surface area contributed by atoms with Crippen LogP contribution in [0.4, 0.5) is 10.1 Å². The number of hydrogen-bond acceptors (Lipinski definition) is 3. The number of thiocarbonyl (C=S) groups is 1. The van der Waals surface area contributed by atoms with Gasteiger partial charge < -0.3 is 16.0 Å². The molecule has 0 bridgehead atoms. The van der Waals surface area contributed by atoms with Gasteiger partial charge in [-0.05, 0) is 51.0 Å². The first kappa shape index (κ1) is 14.2. The Balaban J connectivity index is 1.85. The third kappa shape index (κ3) is 3.88. The lowest BCUT2D eigenvalue weighted by molar-refractivity contribution is 0.337. The van der Waals surface area contributed by atoms with Gasteiger partial charge in [-0.3, -0.25) is 0 Å². The molecule has 0 atom stereocenters. The topological polar surface area (TPSA) is 41.3 Å². The summed E-state index contributed by atoms with van der Waals surface area (Å²) in [6.07, 6.45) is 3.65. The molecule has 1 aliphatic heterocycles. The molecule has 0 aromatic heterocycles. The highest BCUT2D eigenvalue weighted by molar-refractivity contribution is 7.80. The standard InChI is InChI=1S/C14H20FN3S/c15-11-5-3-6-12(13(11)14(16)19)17-7-4-10-18-8-1-2-9-18/h3,5-6,17H,1-2,4,7-10H2,(H2,16,19). The number of nitrogens with one attached hydrogen (secondary N) is 1. The highest BCUT2D eigenvalue weighted by Gasteiger charge is 2.12. The van der Waals surface area contributed by atoms with Gasteiger partial charge in [0.05, 0.1) is 5.56 Å². The first-order valence-corrected chi connectivity index (χ1v) is 7.14. The van der Waals surface area contributed by atoms with E-state index < -0.39 is 0 Å². The molecule has 0 saturated carbocycles. The number of anilines is 1. The Kier molecular flexibility index (Phi) is 5.10. The molecule has 0 spiro atoms. The zero-order valence-corrected chi connectivity index (χ0v) is 11.8. The van der Waals surface area contributed by atoms with E-state index in [4.69, 9.17) is 18.0 Å². The van der Waals surface area contributed by atoms with E-state index in [0.29, 0.717) is 11.3 Å². The molecular weight excluding hydrogens is 261 g/mol. The number of nitrogens with zero attached hydrogens (tertiary/aromatic N) is 1. The average molecular weight is 281 g/mol. The third-order valence-electron chi connectivity index (χ3n) is 3.43. The van der Waals surface area contributed by atoms with Crippen molar-refractivity contribution in [2.24, 2.45) is 5.73 Å². The summed E-state index contributed by atoms with van der Waals surface area (Å²) in [5.74, 6) is -0.364. The molecular formula is C14H20FN3S. The van der Waals surface area contributed by atoms with E-state index in [9.17, 15) is 4.39 Å². The quantitative estimate of drug-likeness (QED) is 0.620. The molecule has 1 saturated heterocycles. The number of benzene rings is 1. The molecule has 2 rings (SSSR count). The lowest BCUT2D eigenvalue weighted by Gasteiger charge is -2.16. The van der Waals surface area contributed by atoms with Crippen LogP contribution in [-0.2, 0) is 0 Å². The number of rotatable bonds is 6. The van der Waals surface area contributed by atoms with Gasteiger partial charge in [0, 0.05) is 12.2 Å². The number of hydrogen-bond donors (Lipinski definition) is 2. The third-order valence-corrected chi connectivity index (χ3v) is 3.63. The SMILES string of the molecule is NC(=S)c1c(F)cccc1NCCCN1CCCC1. The highest BCUT2D eigenvalue weighted by Crippen LogP contribution is 2.18. The predicted octanol–water partition coefficient (Wildman–Crippen LogP) is 2.36. The largest absolute Gasteiger partial charge is 0.389 e. The van der Waals surface area contributed by atoms with Crippen molar-refractivity contribution >= 4 is 22.9 Å². The lowest BCUT2D eigenvalue weighted by atomic mass is 10.1. The van der Waals surface area contributed by atoms with Crippen molar-refractivity contribution in [1.29, 1.82) is 0 Å². The minimum Gasteiger partial charge on any atom is -0.389 e. The van der Waals surface area contributed by atoms with Crippen LogP contribution in [0.15, 0.2) is 18.2 Å². The van der Waals surface area contributed by atoms with Crippen LogP contribution in [0.25, 0.3) is 0 Å². The maximum atomic E-state index is 13.6. The van der Waals surface area contributed by atoms with E-state index in [-0.39, 0.29) is 10.8 Å². The Bertz CT molecular complexity index is 444. The van der Waals surface area contributed by atoms with Crippen molar-refractivity contribution in [3.05, 3.63) is 29.6 Å². The summed E-state index contributed by atoms with van der Waals surface area (Å²) in [6.45, 7) is 4.30. The van der Waals surface area contributed by atoms with Crippen LogP contribution in [0.1, 0.15) is 24.8 Å². The Labute approximate surface area is 119 Å². The normalized spacial score (nSPS) is 15.6. The Hall–Kier alpha value is -1.20. The van der Waals surface area contributed by atoms with E-state index in [1.165, 1.54) is 32.0 Å². The summed E-state index contributed by atoms with van der Waals surface area (Å²) >= 11 is 4.89. The Morgan fingerprint density at radius 2 is 2.11 bits per heavy atom. The molecule has 1 aliphatic rings. The van der Waals surface area contributed by atoms with Crippen LogP contribution >= 0.6 is 12.2 Å². The molecule has 1 aromatic carbocycles. The van der Waals surface area contributed by atoms with Gasteiger partial charge in [0.2, 0.25) is 0 Å². The number of nitrogens with two attached hydrogens (primary N) is 1. The van der Waals surface area contributed by atoms with E-state index >= 15 is 0 Å². The van der Waals surface area contributed by atoms with Crippen LogP contribution in [-0.4, -0.2) is 36.1 Å². The first-order chi connectivity index (χ1) is 9.18. The molecule has 5 heteroatoms. The molecule has 1 aromatic rings. The summed E-state index contributed by atoms with van der Waals surface area (Å²) in [5.41, 5.74) is 6.57. The van der Waals surface area contributed by atoms with Crippen LogP contribution in [0.2, 0.25) is 0 Å². The van der Waals surface area contributed by atoms with Crippen LogP contribution in [0.3, 0.4) is 0 Å². The zero-order valence-electron chi connectivity index (χ0n) is 11.0. The summed E-state index contributed by atoms with van der Waals surface area (Å²) < 4.78 is 13.6. The van der Waals surface area contributed by atoms with Crippen molar-refractivity contribution in [3.8, 4) is 0 Å². The first-order valence-electron chi connectivity index (χ1n) is 6.73. The Morgan fingerprint density at radius 1 is 1.37 bits per heavy atom. The van der Waals surface area contributed by atoms with Crippen molar-refractivity contribution in [2.45, 2.75) is 19.3 Å². The van der Waals surface area contributed by atoms with Crippen molar-refractivity contribution in [1.82, 2.24) is 4.90 Å². The minimum absolute atomic E-state index is 0.0974. The Morgan fingerprint density at radius 3 is 2.79 bits per heavy atom. The summed E-state index contributed by atoms with van der Waals surface area (Å²) in [4.78, 5) is 2.56. The molecule has 1 fully saturated rings. The van der Waals surface area contributed by atoms with E-state index in [0.717, 1.165) is 19.5 Å². The van der Waals surface area contributed by atoms with Gasteiger partial charge in [-0.25, -0.2) is 4.39 Å². The van der Waals surface area contributed by atoms with E-state index in [1.807, 2.05) is 6.07 Å². The molecule has 0 unspecified atom stereocenters. The van der Waals surface area contributed by atoms with Gasteiger partial charge in [0.1, 0.15) is 10.8 Å². The second kappa shape index (κ2) is 6.82. The average Bonchev–Trinajstić information content (AvgIpc) is 2.87. The fourth-order valence-corrected chi connectivity index (χ4v) is 2.66. The minimum atomic E-state index is -0.364. The van der Waals surface area contributed by atoms with Crippen LogP contribution < -0.4 is 11.1 Å². The second-order valence-electron chi connectivity index (χ2n) is 4.86. The molecule has 3 N–H and O–H groups in total. The smallest absolute Gasteiger partial charge is 0.135 e. The van der Waals surface area contributed by atoms with Crippen molar-refractivity contribution in [3.63, 3.8) is 0 Å². The van der Waals surface area contributed by atoms with Crippen LogP contribution in [0, 0.1) is 5.82 Å². The van der Waals surface area contributed by atoms with Crippen molar-refractivity contribution < 1.29 is 4.39 Å². The lowest BCUT2D eigenvalue weighted by Crippen LogP contribution is -2.23. The van der Waals surface area contributed by atoms with Gasteiger partial charge in [-0.1, -0.05) is 18.3 Å². The maximum absolute atomic E-state index is 13.6. The molecule has 19 heavy (non-hydrogen) atoms. The van der Waals surface area contributed by atoms with Gasteiger partial charge in [0.25, 0.3) is 0 Å². The van der Waals surface area contributed by atoms with E-state index in [2.05, 4.69) is 10.2 Å². The molecule has 0 aliphatic carbocycles. The molecule has 0 radical (unpaired) electrons. The number of likely N-dealkylation sites (tertiary alicyclic amines) is 1.